The lowest BCUT2D eigenvalue weighted by Crippen LogP contribution is -2.39. The largest absolute Gasteiger partial charge is 0.332 e. The van der Waals surface area contributed by atoms with E-state index in [9.17, 15) is 9.59 Å². The number of urea groups is 1. The molecule has 0 aliphatic carbocycles. The number of amides is 3. The number of thiophene rings is 1. The average Bonchev–Trinajstić information content (AvgIpc) is 3.11. The van der Waals surface area contributed by atoms with Crippen LogP contribution in [0.2, 0.25) is 0 Å². The Morgan fingerprint density at radius 2 is 2.05 bits per heavy atom. The normalized spacial score (nSPS) is 10.3. The zero-order valence-corrected chi connectivity index (χ0v) is 13.6. The Morgan fingerprint density at radius 1 is 1.27 bits per heavy atom. The molecule has 0 fully saturated rings. The van der Waals surface area contributed by atoms with Crippen LogP contribution in [0, 0.1) is 0 Å². The first kappa shape index (κ1) is 16.4. The lowest BCUT2D eigenvalue weighted by atomic mass is 10.2. The third-order valence-electron chi connectivity index (χ3n) is 2.73. The Bertz CT molecular complexity index is 652. The molecule has 9 heteroatoms. The number of nitrogens with one attached hydrogen (secondary N) is 3. The van der Waals surface area contributed by atoms with Gasteiger partial charge in [-0.15, -0.1) is 22.7 Å². The molecule has 5 N–H and O–H groups in total. The molecular weight excluding hydrogens is 322 g/mol. The summed E-state index contributed by atoms with van der Waals surface area (Å²) in [5, 5.41) is 7.90. The molecule has 0 aliphatic rings. The third kappa shape index (κ3) is 5.10. The highest BCUT2D eigenvalue weighted by Crippen LogP contribution is 2.20. The van der Waals surface area contributed by atoms with Gasteiger partial charge in [0, 0.05) is 22.1 Å². The molecule has 2 aromatic rings. The van der Waals surface area contributed by atoms with Crippen molar-refractivity contribution in [2.24, 2.45) is 5.84 Å². The van der Waals surface area contributed by atoms with Crippen molar-refractivity contribution in [1.29, 1.82) is 0 Å². The van der Waals surface area contributed by atoms with Crippen LogP contribution in [-0.2, 0) is 24.2 Å². The molecule has 0 bridgehead atoms. The summed E-state index contributed by atoms with van der Waals surface area (Å²) in [4.78, 5) is 28.6. The molecule has 0 radical (unpaired) electrons. The minimum atomic E-state index is -0.400. The molecule has 0 saturated carbocycles. The maximum Gasteiger partial charge on any atom is 0.329 e. The summed E-state index contributed by atoms with van der Waals surface area (Å²) in [6.45, 7) is 1.92. The van der Waals surface area contributed by atoms with Gasteiger partial charge in [0.05, 0.1) is 12.2 Å². The maximum absolute atomic E-state index is 11.0. The van der Waals surface area contributed by atoms with Gasteiger partial charge in [0.2, 0.25) is 5.91 Å². The van der Waals surface area contributed by atoms with E-state index < -0.39 is 6.03 Å². The van der Waals surface area contributed by atoms with E-state index in [1.54, 1.807) is 11.3 Å². The highest BCUT2D eigenvalue weighted by molar-refractivity contribution is 7.14. The number of nitrogens with two attached hydrogens (primary N) is 1. The van der Waals surface area contributed by atoms with Crippen LogP contribution in [0.5, 0.6) is 0 Å². The first-order valence-corrected chi connectivity index (χ1v) is 8.30. The molecule has 2 rings (SSSR count). The van der Waals surface area contributed by atoms with Crippen molar-refractivity contribution in [1.82, 2.24) is 15.7 Å². The van der Waals surface area contributed by atoms with E-state index in [0.29, 0.717) is 11.7 Å². The Labute approximate surface area is 135 Å². The third-order valence-corrected chi connectivity index (χ3v) is 4.69. The summed E-state index contributed by atoms with van der Waals surface area (Å²) >= 11 is 3.07. The van der Waals surface area contributed by atoms with Crippen molar-refractivity contribution >= 4 is 39.7 Å². The summed E-state index contributed by atoms with van der Waals surface area (Å²) < 4.78 is 0. The lowest BCUT2D eigenvalue weighted by Gasteiger charge is -2.00. The molecular formula is C13H17N5O2S2. The molecule has 7 nitrogen and oxygen atoms in total. The summed E-state index contributed by atoms with van der Waals surface area (Å²) in [5.74, 6) is 4.88. The van der Waals surface area contributed by atoms with Gasteiger partial charge in [0.25, 0.3) is 0 Å². The molecule has 0 unspecified atom stereocenters. The maximum atomic E-state index is 11.0. The first-order chi connectivity index (χ1) is 10.6. The molecule has 118 valence electrons. The van der Waals surface area contributed by atoms with Crippen LogP contribution < -0.4 is 21.9 Å². The Morgan fingerprint density at radius 3 is 2.77 bits per heavy atom. The second-order valence-corrected chi connectivity index (χ2v) is 6.63. The van der Waals surface area contributed by atoms with Gasteiger partial charge in [0.15, 0.2) is 5.13 Å². The molecule has 0 saturated heterocycles. The minimum Gasteiger partial charge on any atom is -0.332 e. The second kappa shape index (κ2) is 7.87. The van der Waals surface area contributed by atoms with E-state index in [1.165, 1.54) is 23.1 Å². The topological polar surface area (TPSA) is 109 Å². The average molecular weight is 339 g/mol. The Hall–Kier alpha value is -1.97. The van der Waals surface area contributed by atoms with Gasteiger partial charge in [-0.25, -0.2) is 15.6 Å². The van der Waals surface area contributed by atoms with Crippen molar-refractivity contribution in [2.45, 2.75) is 26.3 Å². The number of thiazole rings is 1. The molecule has 0 aliphatic heterocycles. The number of rotatable bonds is 6. The van der Waals surface area contributed by atoms with Crippen molar-refractivity contribution < 1.29 is 9.59 Å². The number of aromatic nitrogens is 1. The molecule has 0 spiro atoms. The smallest absolute Gasteiger partial charge is 0.329 e. The van der Waals surface area contributed by atoms with E-state index in [-0.39, 0.29) is 5.91 Å². The molecule has 0 aromatic carbocycles. The van der Waals surface area contributed by atoms with E-state index >= 15 is 0 Å². The fraction of sp³-hybridized carbons (Fsp3) is 0.308. The van der Waals surface area contributed by atoms with Crippen molar-refractivity contribution in [3.8, 4) is 0 Å². The van der Waals surface area contributed by atoms with Gasteiger partial charge >= 0.3 is 6.03 Å². The van der Waals surface area contributed by atoms with Crippen LogP contribution in [0.25, 0.3) is 0 Å². The van der Waals surface area contributed by atoms with Crippen molar-refractivity contribution in [3.63, 3.8) is 0 Å². The van der Waals surface area contributed by atoms with Crippen LogP contribution in [0.1, 0.15) is 22.4 Å². The van der Waals surface area contributed by atoms with Gasteiger partial charge in [-0.1, -0.05) is 0 Å². The standard InChI is InChI=1S/C13H17N5O2S2/c1-8(19)16-13-17-9(7-21-13)2-3-10-4-5-11(22-10)6-15-12(20)18-14/h4-5,7H,2-3,6,14H2,1H3,(H2,15,18,20)(H,16,17,19). The molecule has 22 heavy (non-hydrogen) atoms. The summed E-state index contributed by atoms with van der Waals surface area (Å²) in [6.07, 6.45) is 1.68. The lowest BCUT2D eigenvalue weighted by molar-refractivity contribution is -0.114. The summed E-state index contributed by atoms with van der Waals surface area (Å²) in [6, 6.07) is 3.63. The van der Waals surface area contributed by atoms with E-state index in [1.807, 2.05) is 22.9 Å². The van der Waals surface area contributed by atoms with Crippen LogP contribution in [0.15, 0.2) is 17.5 Å². The van der Waals surface area contributed by atoms with Crippen molar-refractivity contribution in [3.05, 3.63) is 33.0 Å². The quantitative estimate of drug-likeness (QED) is 0.364. The number of hydrazine groups is 1. The zero-order chi connectivity index (χ0) is 15.9. The van der Waals surface area contributed by atoms with Crippen molar-refractivity contribution in [2.75, 3.05) is 5.32 Å². The number of carbonyl (C=O) groups is 2. The molecule has 3 amide bonds. The predicted molar refractivity (Wildman–Crippen MR) is 87.7 cm³/mol. The highest BCUT2D eigenvalue weighted by atomic mass is 32.1. The van der Waals surface area contributed by atoms with Gasteiger partial charge in [-0.2, -0.15) is 0 Å². The number of hydrogen-bond acceptors (Lipinski definition) is 6. The van der Waals surface area contributed by atoms with Gasteiger partial charge in [-0.3, -0.25) is 10.2 Å². The zero-order valence-electron chi connectivity index (χ0n) is 12.0. The number of hydrogen-bond donors (Lipinski definition) is 4. The van der Waals surface area contributed by atoms with Crippen LogP contribution >= 0.6 is 22.7 Å². The predicted octanol–water partition coefficient (Wildman–Crippen LogP) is 1.62. The number of nitrogens with zero attached hydrogens (tertiary/aromatic N) is 1. The monoisotopic (exact) mass is 339 g/mol. The van der Waals surface area contributed by atoms with E-state index in [4.69, 9.17) is 5.84 Å². The number of anilines is 1. The van der Waals surface area contributed by atoms with E-state index in [0.717, 1.165) is 23.4 Å². The molecule has 2 aromatic heterocycles. The van der Waals surface area contributed by atoms with Gasteiger partial charge in [0.1, 0.15) is 0 Å². The first-order valence-electron chi connectivity index (χ1n) is 6.61. The number of carbonyl (C=O) groups excluding carboxylic acids is 2. The SMILES string of the molecule is CC(=O)Nc1nc(CCc2ccc(CNC(=O)NN)s2)cs1. The summed E-state index contributed by atoms with van der Waals surface area (Å²) in [5.41, 5.74) is 2.98. The van der Waals surface area contributed by atoms with Gasteiger partial charge < -0.3 is 10.6 Å². The van der Waals surface area contributed by atoms with E-state index in [2.05, 4.69) is 15.6 Å². The highest BCUT2D eigenvalue weighted by Gasteiger charge is 2.06. The van der Waals surface area contributed by atoms with Crippen LogP contribution in [0.4, 0.5) is 9.93 Å². The molecule has 2 heterocycles. The second-order valence-electron chi connectivity index (χ2n) is 4.52. The Balaban J connectivity index is 1.81. The Kier molecular flexibility index (Phi) is 5.87. The molecule has 0 atom stereocenters. The van der Waals surface area contributed by atoms with Crippen LogP contribution in [-0.4, -0.2) is 16.9 Å². The van der Waals surface area contributed by atoms with Crippen LogP contribution in [0.3, 0.4) is 0 Å². The number of aryl methyl sites for hydroxylation is 2. The minimum absolute atomic E-state index is 0.113. The summed E-state index contributed by atoms with van der Waals surface area (Å²) in [7, 11) is 0. The van der Waals surface area contributed by atoms with Gasteiger partial charge in [-0.05, 0) is 25.0 Å². The fourth-order valence-corrected chi connectivity index (χ4v) is 3.50. The fourth-order valence-electron chi connectivity index (χ4n) is 1.75.